The molecule has 1 aromatic carbocycles. The quantitative estimate of drug-likeness (QED) is 0.791. The number of unbranched alkanes of at least 4 members (excludes halogenated alkanes) is 1. The lowest BCUT2D eigenvalue weighted by molar-refractivity contribution is -0.141. The van der Waals surface area contributed by atoms with Gasteiger partial charge in [-0.2, -0.15) is 5.26 Å². The van der Waals surface area contributed by atoms with Crippen molar-refractivity contribution in [2.45, 2.75) is 33.2 Å². The molecule has 4 nitrogen and oxygen atoms in total. The minimum Gasteiger partial charge on any atom is -0.481 e. The van der Waals surface area contributed by atoms with E-state index in [9.17, 15) is 4.79 Å². The van der Waals surface area contributed by atoms with E-state index in [4.69, 9.17) is 10.4 Å². The summed E-state index contributed by atoms with van der Waals surface area (Å²) in [5.41, 5.74) is 1.63. The van der Waals surface area contributed by atoms with Gasteiger partial charge in [0.25, 0.3) is 0 Å². The normalized spacial score (nSPS) is 12.1. The van der Waals surface area contributed by atoms with E-state index in [0.29, 0.717) is 18.7 Å². The van der Waals surface area contributed by atoms with Gasteiger partial charge in [0.2, 0.25) is 0 Å². The van der Waals surface area contributed by atoms with Crippen LogP contribution in [0.1, 0.15) is 37.8 Å². The Bertz CT molecular complexity index is 480. The summed E-state index contributed by atoms with van der Waals surface area (Å²) >= 11 is 0. The molecule has 1 rings (SSSR count). The molecule has 20 heavy (non-hydrogen) atoms. The summed E-state index contributed by atoms with van der Waals surface area (Å²) in [6.07, 6.45) is 2.10. The second-order valence-electron chi connectivity index (χ2n) is 5.10. The minimum atomic E-state index is -0.778. The van der Waals surface area contributed by atoms with Gasteiger partial charge in [-0.15, -0.1) is 0 Å². The van der Waals surface area contributed by atoms with E-state index >= 15 is 0 Å². The Labute approximate surface area is 120 Å². The van der Waals surface area contributed by atoms with Crippen LogP contribution in [0.5, 0.6) is 0 Å². The number of nitrogens with zero attached hydrogens (tertiary/aromatic N) is 2. The van der Waals surface area contributed by atoms with Gasteiger partial charge < -0.3 is 5.11 Å². The first-order valence-electron chi connectivity index (χ1n) is 7.01. The van der Waals surface area contributed by atoms with Crippen molar-refractivity contribution in [2.75, 3.05) is 13.1 Å². The standard InChI is InChI=1S/C16H22N2O2/c1-3-4-9-18(11-13(2)16(19)20)12-15-8-6-5-7-14(15)10-17/h5-8,13H,3-4,9,11-12H2,1-2H3,(H,19,20). The Balaban J connectivity index is 2.78. The van der Waals surface area contributed by atoms with Gasteiger partial charge in [-0.25, -0.2) is 0 Å². The zero-order valence-corrected chi connectivity index (χ0v) is 12.2. The second-order valence-corrected chi connectivity index (χ2v) is 5.10. The van der Waals surface area contributed by atoms with Crippen LogP contribution in [0.15, 0.2) is 24.3 Å². The fraction of sp³-hybridized carbons (Fsp3) is 0.500. The predicted molar refractivity (Wildman–Crippen MR) is 78.1 cm³/mol. The molecular formula is C16H22N2O2. The highest BCUT2D eigenvalue weighted by Crippen LogP contribution is 2.13. The van der Waals surface area contributed by atoms with Crippen LogP contribution in [0.4, 0.5) is 0 Å². The van der Waals surface area contributed by atoms with Crippen molar-refractivity contribution >= 4 is 5.97 Å². The summed E-state index contributed by atoms with van der Waals surface area (Å²) in [6, 6.07) is 9.68. The molecule has 0 aromatic heterocycles. The molecule has 0 spiro atoms. The zero-order chi connectivity index (χ0) is 15.0. The van der Waals surface area contributed by atoms with E-state index in [1.807, 2.05) is 18.2 Å². The number of hydrogen-bond donors (Lipinski definition) is 1. The average Bonchev–Trinajstić information content (AvgIpc) is 2.45. The first-order valence-corrected chi connectivity index (χ1v) is 7.01. The number of carbonyl (C=O) groups is 1. The van der Waals surface area contributed by atoms with E-state index in [-0.39, 0.29) is 0 Å². The number of carboxylic acid groups (broad SMARTS) is 1. The van der Waals surface area contributed by atoms with E-state index in [1.165, 1.54) is 0 Å². The molecule has 0 amide bonds. The molecular weight excluding hydrogens is 252 g/mol. The number of rotatable bonds is 8. The van der Waals surface area contributed by atoms with Crippen LogP contribution in [0.2, 0.25) is 0 Å². The van der Waals surface area contributed by atoms with E-state index in [2.05, 4.69) is 17.9 Å². The molecule has 108 valence electrons. The van der Waals surface area contributed by atoms with Crippen molar-refractivity contribution in [2.24, 2.45) is 5.92 Å². The summed E-state index contributed by atoms with van der Waals surface area (Å²) in [5, 5.41) is 18.2. The van der Waals surface area contributed by atoms with Crippen LogP contribution in [0.25, 0.3) is 0 Å². The van der Waals surface area contributed by atoms with Gasteiger partial charge in [0.1, 0.15) is 0 Å². The fourth-order valence-corrected chi connectivity index (χ4v) is 2.09. The highest BCUT2D eigenvalue weighted by Gasteiger charge is 2.17. The van der Waals surface area contributed by atoms with Gasteiger partial charge in [0, 0.05) is 13.1 Å². The highest BCUT2D eigenvalue weighted by atomic mass is 16.4. The lowest BCUT2D eigenvalue weighted by Crippen LogP contribution is -2.32. The van der Waals surface area contributed by atoms with Gasteiger partial charge in [0.15, 0.2) is 0 Å². The summed E-state index contributed by atoms with van der Waals surface area (Å²) < 4.78 is 0. The van der Waals surface area contributed by atoms with E-state index < -0.39 is 11.9 Å². The molecule has 1 unspecified atom stereocenters. The van der Waals surface area contributed by atoms with Crippen LogP contribution in [0.3, 0.4) is 0 Å². The maximum atomic E-state index is 11.0. The van der Waals surface area contributed by atoms with E-state index in [1.54, 1.807) is 13.0 Å². The van der Waals surface area contributed by atoms with Gasteiger partial charge in [-0.05, 0) is 24.6 Å². The maximum absolute atomic E-state index is 11.0. The van der Waals surface area contributed by atoms with Crippen molar-refractivity contribution < 1.29 is 9.90 Å². The first kappa shape index (κ1) is 16.2. The third-order valence-electron chi connectivity index (χ3n) is 3.31. The number of benzene rings is 1. The predicted octanol–water partition coefficient (Wildman–Crippen LogP) is 2.88. The molecule has 0 saturated heterocycles. The smallest absolute Gasteiger partial charge is 0.307 e. The lowest BCUT2D eigenvalue weighted by atomic mass is 10.1. The largest absolute Gasteiger partial charge is 0.481 e. The van der Waals surface area contributed by atoms with Gasteiger partial charge >= 0.3 is 5.97 Å². The van der Waals surface area contributed by atoms with Crippen LogP contribution in [-0.4, -0.2) is 29.1 Å². The summed E-state index contributed by atoms with van der Waals surface area (Å²) in [6.45, 7) is 5.82. The van der Waals surface area contributed by atoms with Gasteiger partial charge in [0.05, 0.1) is 17.6 Å². The summed E-state index contributed by atoms with van der Waals surface area (Å²) in [4.78, 5) is 13.1. The molecule has 0 fully saturated rings. The minimum absolute atomic E-state index is 0.402. The van der Waals surface area contributed by atoms with Crippen molar-refractivity contribution in [1.82, 2.24) is 4.90 Å². The van der Waals surface area contributed by atoms with Crippen LogP contribution >= 0.6 is 0 Å². The first-order chi connectivity index (χ1) is 9.58. The van der Waals surface area contributed by atoms with Gasteiger partial charge in [-0.3, -0.25) is 9.69 Å². The van der Waals surface area contributed by atoms with Crippen molar-refractivity contribution in [3.05, 3.63) is 35.4 Å². The third kappa shape index (κ3) is 5.02. The Morgan fingerprint density at radius 3 is 2.75 bits per heavy atom. The fourth-order valence-electron chi connectivity index (χ4n) is 2.09. The number of nitriles is 1. The SMILES string of the molecule is CCCCN(Cc1ccccc1C#N)CC(C)C(=O)O. The van der Waals surface area contributed by atoms with Crippen LogP contribution in [0, 0.1) is 17.2 Å². The van der Waals surface area contributed by atoms with Crippen molar-refractivity contribution in [3.63, 3.8) is 0 Å². The summed E-state index contributed by atoms with van der Waals surface area (Å²) in [7, 11) is 0. The number of hydrogen-bond acceptors (Lipinski definition) is 3. The molecule has 0 saturated carbocycles. The van der Waals surface area contributed by atoms with Crippen LogP contribution in [-0.2, 0) is 11.3 Å². The molecule has 0 heterocycles. The van der Waals surface area contributed by atoms with Crippen molar-refractivity contribution in [1.29, 1.82) is 5.26 Å². The van der Waals surface area contributed by atoms with Crippen LogP contribution < -0.4 is 0 Å². The monoisotopic (exact) mass is 274 g/mol. The Morgan fingerprint density at radius 2 is 2.15 bits per heavy atom. The Morgan fingerprint density at radius 1 is 1.45 bits per heavy atom. The summed E-state index contributed by atoms with van der Waals surface area (Å²) in [5.74, 6) is -1.18. The Hall–Kier alpha value is -1.86. The number of aliphatic carboxylic acids is 1. The maximum Gasteiger partial charge on any atom is 0.307 e. The molecule has 0 aliphatic rings. The lowest BCUT2D eigenvalue weighted by Gasteiger charge is -2.24. The van der Waals surface area contributed by atoms with Crippen molar-refractivity contribution in [3.8, 4) is 6.07 Å². The highest BCUT2D eigenvalue weighted by molar-refractivity contribution is 5.69. The molecule has 0 radical (unpaired) electrons. The number of carboxylic acids is 1. The molecule has 0 aliphatic heterocycles. The average molecular weight is 274 g/mol. The second kappa shape index (κ2) is 8.34. The third-order valence-corrected chi connectivity index (χ3v) is 3.31. The van der Waals surface area contributed by atoms with Gasteiger partial charge in [-0.1, -0.05) is 38.5 Å². The molecule has 0 aliphatic carbocycles. The Kier molecular flexibility index (Phi) is 6.75. The molecule has 1 atom stereocenters. The molecule has 4 heteroatoms. The topological polar surface area (TPSA) is 64.3 Å². The molecule has 0 bridgehead atoms. The molecule has 1 aromatic rings. The molecule has 1 N–H and O–H groups in total. The van der Waals surface area contributed by atoms with E-state index in [0.717, 1.165) is 24.9 Å². The zero-order valence-electron chi connectivity index (χ0n) is 12.2.